The lowest BCUT2D eigenvalue weighted by molar-refractivity contribution is -0.389. The second-order valence-electron chi connectivity index (χ2n) is 2.12. The van der Waals surface area contributed by atoms with E-state index in [1.807, 2.05) is 0 Å². The molecule has 0 aliphatic heterocycles. The first-order valence-electron chi connectivity index (χ1n) is 3.14. The van der Waals surface area contributed by atoms with Gasteiger partial charge in [-0.1, -0.05) is 0 Å². The van der Waals surface area contributed by atoms with Crippen LogP contribution in [-0.4, -0.2) is 9.91 Å². The second kappa shape index (κ2) is 3.46. The molecule has 0 saturated heterocycles. The maximum absolute atomic E-state index is 10.3. The molecule has 64 valence electrons. The minimum Gasteiger partial charge on any atom is -0.358 e. The van der Waals surface area contributed by atoms with Crippen LogP contribution in [0.15, 0.2) is 12.1 Å². The van der Waals surface area contributed by atoms with Gasteiger partial charge in [0.15, 0.2) is 0 Å². The van der Waals surface area contributed by atoms with E-state index in [2.05, 4.69) is 4.98 Å². The summed E-state index contributed by atoms with van der Waals surface area (Å²) in [5, 5.41) is 10.4. The van der Waals surface area contributed by atoms with Gasteiger partial charge < -0.3 is 15.8 Å². The van der Waals surface area contributed by atoms with Crippen molar-refractivity contribution in [3.8, 4) is 0 Å². The molecule has 1 aromatic rings. The van der Waals surface area contributed by atoms with Crippen molar-refractivity contribution in [2.45, 2.75) is 6.54 Å². The van der Waals surface area contributed by atoms with Gasteiger partial charge in [0.1, 0.15) is 0 Å². The molecule has 0 unspecified atom stereocenters. The van der Waals surface area contributed by atoms with Crippen LogP contribution < -0.4 is 5.73 Å². The molecule has 2 N–H and O–H groups in total. The lowest BCUT2D eigenvalue weighted by atomic mass is 10.3. The molecule has 0 saturated carbocycles. The Kier molecular flexibility index (Phi) is 2.57. The van der Waals surface area contributed by atoms with Gasteiger partial charge in [-0.2, -0.15) is 0 Å². The zero-order valence-electron chi connectivity index (χ0n) is 6.03. The number of nitrogens with zero attached hydrogens (tertiary/aromatic N) is 2. The topological polar surface area (TPSA) is 82.0 Å². The largest absolute Gasteiger partial charge is 0.365 e. The monoisotopic (exact) mass is 187 g/mol. The zero-order valence-corrected chi connectivity index (χ0v) is 6.78. The summed E-state index contributed by atoms with van der Waals surface area (Å²) in [6, 6.07) is 2.79. The molecule has 0 aromatic carbocycles. The number of pyridine rings is 1. The van der Waals surface area contributed by atoms with Crippen LogP contribution in [0.25, 0.3) is 0 Å². The maximum Gasteiger partial charge on any atom is 0.365 e. The Balaban J connectivity index is 3.15. The standard InChI is InChI=1S/C6H6ClN3O2/c7-5-1-4(3-8)2-6(9-5)10(11)12/h1-2H,3,8H2. The van der Waals surface area contributed by atoms with Crippen molar-refractivity contribution in [2.24, 2.45) is 5.73 Å². The van der Waals surface area contributed by atoms with Crippen molar-refractivity contribution in [3.63, 3.8) is 0 Å². The molecule has 0 amide bonds. The van der Waals surface area contributed by atoms with E-state index in [0.717, 1.165) is 0 Å². The molecule has 0 bridgehead atoms. The molecule has 1 rings (SSSR count). The number of aromatic nitrogens is 1. The van der Waals surface area contributed by atoms with Gasteiger partial charge in [-0.3, -0.25) is 0 Å². The molecular weight excluding hydrogens is 182 g/mol. The highest BCUT2D eigenvalue weighted by atomic mass is 35.5. The summed E-state index contributed by atoms with van der Waals surface area (Å²) in [6.07, 6.45) is 0. The van der Waals surface area contributed by atoms with Gasteiger partial charge in [0.2, 0.25) is 5.15 Å². The minimum atomic E-state index is -0.606. The summed E-state index contributed by atoms with van der Waals surface area (Å²) in [5.41, 5.74) is 5.88. The fourth-order valence-electron chi connectivity index (χ4n) is 0.746. The molecule has 0 radical (unpaired) electrons. The van der Waals surface area contributed by atoms with Crippen LogP contribution in [0.2, 0.25) is 5.15 Å². The van der Waals surface area contributed by atoms with Gasteiger partial charge in [0, 0.05) is 18.7 Å². The van der Waals surface area contributed by atoms with Gasteiger partial charge in [0.05, 0.1) is 0 Å². The lowest BCUT2D eigenvalue weighted by Gasteiger charge is -1.95. The Bertz CT molecular complexity index is 316. The normalized spacial score (nSPS) is 9.83. The molecule has 5 nitrogen and oxygen atoms in total. The zero-order chi connectivity index (χ0) is 9.14. The van der Waals surface area contributed by atoms with Gasteiger partial charge in [-0.15, -0.1) is 0 Å². The van der Waals surface area contributed by atoms with E-state index in [0.29, 0.717) is 5.56 Å². The van der Waals surface area contributed by atoms with Crippen molar-refractivity contribution in [1.29, 1.82) is 0 Å². The molecule has 0 aliphatic carbocycles. The van der Waals surface area contributed by atoms with Crippen molar-refractivity contribution in [2.75, 3.05) is 0 Å². The third-order valence-electron chi connectivity index (χ3n) is 1.26. The molecule has 0 atom stereocenters. The summed E-state index contributed by atoms with van der Waals surface area (Å²) in [4.78, 5) is 13.2. The van der Waals surface area contributed by atoms with E-state index in [1.165, 1.54) is 12.1 Å². The Morgan fingerprint density at radius 2 is 2.33 bits per heavy atom. The van der Waals surface area contributed by atoms with Crippen LogP contribution in [0.3, 0.4) is 0 Å². The van der Waals surface area contributed by atoms with E-state index in [-0.39, 0.29) is 17.5 Å². The Morgan fingerprint density at radius 1 is 1.67 bits per heavy atom. The molecule has 0 aliphatic rings. The molecule has 0 fully saturated rings. The third-order valence-corrected chi connectivity index (χ3v) is 1.46. The van der Waals surface area contributed by atoms with Crippen molar-refractivity contribution in [3.05, 3.63) is 33.0 Å². The van der Waals surface area contributed by atoms with E-state index < -0.39 is 4.92 Å². The SMILES string of the molecule is NCc1cc(Cl)nc([N+](=O)[O-])c1. The lowest BCUT2D eigenvalue weighted by Crippen LogP contribution is -1.99. The van der Waals surface area contributed by atoms with Gasteiger partial charge in [-0.25, -0.2) is 0 Å². The van der Waals surface area contributed by atoms with Gasteiger partial charge >= 0.3 is 5.82 Å². The molecule has 1 heterocycles. The Labute approximate surface area is 73.3 Å². The molecule has 6 heteroatoms. The average molecular weight is 188 g/mol. The number of hydrogen-bond acceptors (Lipinski definition) is 4. The van der Waals surface area contributed by atoms with Crippen LogP contribution in [0, 0.1) is 10.1 Å². The summed E-state index contributed by atoms with van der Waals surface area (Å²) in [7, 11) is 0. The van der Waals surface area contributed by atoms with Crippen LogP contribution >= 0.6 is 11.6 Å². The summed E-state index contributed by atoms with van der Waals surface area (Å²) in [6.45, 7) is 0.211. The van der Waals surface area contributed by atoms with E-state index in [9.17, 15) is 10.1 Å². The molecule has 0 spiro atoms. The van der Waals surface area contributed by atoms with Crippen molar-refractivity contribution < 1.29 is 4.92 Å². The average Bonchev–Trinajstić information content (AvgIpc) is 2.03. The smallest absolute Gasteiger partial charge is 0.358 e. The molecular formula is C6H6ClN3O2. The predicted octanol–water partition coefficient (Wildman–Crippen LogP) is 1.10. The predicted molar refractivity (Wildman–Crippen MR) is 43.8 cm³/mol. The highest BCUT2D eigenvalue weighted by Crippen LogP contribution is 2.15. The van der Waals surface area contributed by atoms with Gasteiger partial charge in [0.25, 0.3) is 0 Å². The number of nitro groups is 1. The first kappa shape index (κ1) is 8.89. The highest BCUT2D eigenvalue weighted by Gasteiger charge is 2.10. The number of rotatable bonds is 2. The summed E-state index contributed by atoms with van der Waals surface area (Å²) < 4.78 is 0. The quantitative estimate of drug-likeness (QED) is 0.427. The fraction of sp³-hybridized carbons (Fsp3) is 0.167. The molecule has 12 heavy (non-hydrogen) atoms. The van der Waals surface area contributed by atoms with E-state index in [4.69, 9.17) is 17.3 Å². The first-order chi connectivity index (χ1) is 5.63. The number of hydrogen-bond donors (Lipinski definition) is 1. The first-order valence-corrected chi connectivity index (χ1v) is 3.52. The van der Waals surface area contributed by atoms with Crippen LogP contribution in [0.5, 0.6) is 0 Å². The Hall–Kier alpha value is -1.20. The Morgan fingerprint density at radius 3 is 2.83 bits per heavy atom. The van der Waals surface area contributed by atoms with Crippen molar-refractivity contribution in [1.82, 2.24) is 4.98 Å². The van der Waals surface area contributed by atoms with Crippen LogP contribution in [0.4, 0.5) is 5.82 Å². The highest BCUT2D eigenvalue weighted by molar-refractivity contribution is 6.29. The molecule has 1 aromatic heterocycles. The van der Waals surface area contributed by atoms with Crippen LogP contribution in [-0.2, 0) is 6.54 Å². The van der Waals surface area contributed by atoms with E-state index in [1.54, 1.807) is 0 Å². The number of nitrogens with two attached hydrogens (primary N) is 1. The third kappa shape index (κ3) is 1.90. The summed E-state index contributed by atoms with van der Waals surface area (Å²) in [5.74, 6) is -0.275. The van der Waals surface area contributed by atoms with E-state index >= 15 is 0 Å². The van der Waals surface area contributed by atoms with Crippen LogP contribution in [0.1, 0.15) is 5.56 Å². The maximum atomic E-state index is 10.3. The fourth-order valence-corrected chi connectivity index (χ4v) is 0.973. The minimum absolute atomic E-state index is 0.0876. The summed E-state index contributed by atoms with van der Waals surface area (Å²) >= 11 is 5.50. The number of halogens is 1. The second-order valence-corrected chi connectivity index (χ2v) is 2.50. The van der Waals surface area contributed by atoms with Gasteiger partial charge in [-0.05, 0) is 27.1 Å². The van der Waals surface area contributed by atoms with Crippen molar-refractivity contribution >= 4 is 17.4 Å².